The molecule has 3 N–H and O–H groups in total. The van der Waals surface area contributed by atoms with Crippen LogP contribution in [0.3, 0.4) is 0 Å². The molecule has 1 heterocycles. The Kier molecular flexibility index (Phi) is 8.77. The van der Waals surface area contributed by atoms with Gasteiger partial charge in [-0.1, -0.05) is 0 Å². The summed E-state index contributed by atoms with van der Waals surface area (Å²) in [7, 11) is -2.64. The van der Waals surface area contributed by atoms with Crippen LogP contribution in [0.5, 0.6) is 0 Å². The van der Waals surface area contributed by atoms with Crippen LogP contribution in [0.4, 0.5) is 34.6 Å². The maximum absolute atomic E-state index is 14.6. The molecular formula is C20H23F4IN4O3S. The van der Waals surface area contributed by atoms with E-state index in [9.17, 15) is 26.0 Å². The first-order chi connectivity index (χ1) is 15.6. The molecule has 2 aromatic rings. The largest absolute Gasteiger partial charge is 0.383 e. The standard InChI is InChI=1S/C20H23F4IN4O3S/c1-32-9-6-26-13-4-7-29(8-5-13)33(30,31)28-17-11-15(22)18(23)19(24)20(17)27-16-3-2-12(25)10-14(16)21/h2-3,10-11,13,26-28H,4-9H2,1H3. The highest BCUT2D eigenvalue weighted by Crippen LogP contribution is 2.34. The summed E-state index contributed by atoms with van der Waals surface area (Å²) in [6, 6.07) is 4.56. The normalized spacial score (nSPS) is 15.6. The van der Waals surface area contributed by atoms with Crippen molar-refractivity contribution in [2.45, 2.75) is 18.9 Å². The summed E-state index contributed by atoms with van der Waals surface area (Å²) in [5, 5.41) is 5.60. The van der Waals surface area contributed by atoms with Crippen molar-refractivity contribution in [3.63, 3.8) is 0 Å². The number of hydrogen-bond acceptors (Lipinski definition) is 5. The molecule has 1 aliphatic rings. The molecule has 7 nitrogen and oxygen atoms in total. The zero-order chi connectivity index (χ0) is 24.2. The number of hydrogen-bond donors (Lipinski definition) is 3. The van der Waals surface area contributed by atoms with Gasteiger partial charge in [-0.15, -0.1) is 0 Å². The van der Waals surface area contributed by atoms with Crippen molar-refractivity contribution in [3.05, 3.63) is 51.1 Å². The van der Waals surface area contributed by atoms with Crippen LogP contribution in [0.1, 0.15) is 12.8 Å². The van der Waals surface area contributed by atoms with Crippen LogP contribution in [0.25, 0.3) is 0 Å². The smallest absolute Gasteiger partial charge is 0.301 e. The minimum Gasteiger partial charge on any atom is -0.383 e. The number of halogens is 5. The molecule has 0 saturated carbocycles. The van der Waals surface area contributed by atoms with Gasteiger partial charge >= 0.3 is 10.2 Å². The van der Waals surface area contributed by atoms with Gasteiger partial charge in [0, 0.05) is 42.4 Å². The molecule has 33 heavy (non-hydrogen) atoms. The van der Waals surface area contributed by atoms with Crippen LogP contribution in [0, 0.1) is 26.8 Å². The van der Waals surface area contributed by atoms with Crippen LogP contribution in [-0.2, 0) is 14.9 Å². The van der Waals surface area contributed by atoms with E-state index in [1.54, 1.807) is 7.11 Å². The van der Waals surface area contributed by atoms with Crippen molar-refractivity contribution < 1.29 is 30.7 Å². The summed E-state index contributed by atoms with van der Waals surface area (Å²) in [4.78, 5) is 0. The summed E-state index contributed by atoms with van der Waals surface area (Å²) in [6.07, 6.45) is 1.05. The number of benzene rings is 2. The van der Waals surface area contributed by atoms with Gasteiger partial charge in [0.25, 0.3) is 0 Å². The zero-order valence-corrected chi connectivity index (χ0v) is 20.6. The molecule has 0 unspecified atom stereocenters. The highest BCUT2D eigenvalue weighted by atomic mass is 127. The van der Waals surface area contributed by atoms with E-state index in [1.807, 2.05) is 22.6 Å². The van der Waals surface area contributed by atoms with Gasteiger partial charge in [0.2, 0.25) is 0 Å². The van der Waals surface area contributed by atoms with Crippen LogP contribution >= 0.6 is 22.6 Å². The van der Waals surface area contributed by atoms with Crippen molar-refractivity contribution in [3.8, 4) is 0 Å². The second-order valence-corrected chi connectivity index (χ2v) is 10.3. The van der Waals surface area contributed by atoms with Gasteiger partial charge in [-0.05, 0) is 53.6 Å². The molecule has 1 fully saturated rings. The topological polar surface area (TPSA) is 82.7 Å². The van der Waals surface area contributed by atoms with E-state index in [-0.39, 0.29) is 24.8 Å². The number of methoxy groups -OCH3 is 1. The molecule has 182 valence electrons. The second-order valence-electron chi connectivity index (χ2n) is 7.39. The van der Waals surface area contributed by atoms with Crippen LogP contribution in [0.2, 0.25) is 0 Å². The number of nitrogens with zero attached hydrogens (tertiary/aromatic N) is 1. The van der Waals surface area contributed by atoms with Gasteiger partial charge in [-0.2, -0.15) is 12.7 Å². The minimum atomic E-state index is -4.22. The average Bonchev–Trinajstić information content (AvgIpc) is 2.76. The molecular weight excluding hydrogens is 579 g/mol. The molecule has 0 bridgehead atoms. The third kappa shape index (κ3) is 6.47. The van der Waals surface area contributed by atoms with E-state index in [2.05, 4.69) is 15.4 Å². The van der Waals surface area contributed by atoms with E-state index in [4.69, 9.17) is 4.74 Å². The lowest BCUT2D eigenvalue weighted by Gasteiger charge is -2.32. The molecule has 0 amide bonds. The molecule has 3 rings (SSSR count). The van der Waals surface area contributed by atoms with Gasteiger partial charge in [-0.25, -0.2) is 17.6 Å². The van der Waals surface area contributed by atoms with Crippen LogP contribution < -0.4 is 15.4 Å². The van der Waals surface area contributed by atoms with Crippen molar-refractivity contribution in [2.75, 3.05) is 43.4 Å². The fraction of sp³-hybridized carbons (Fsp3) is 0.400. The van der Waals surface area contributed by atoms with Gasteiger partial charge in [0.05, 0.1) is 18.0 Å². The number of anilines is 3. The third-order valence-corrected chi connectivity index (χ3v) is 7.32. The number of nitrogens with one attached hydrogen (secondary N) is 3. The van der Waals surface area contributed by atoms with E-state index >= 15 is 0 Å². The van der Waals surface area contributed by atoms with Crippen molar-refractivity contribution in [1.29, 1.82) is 0 Å². The average molecular weight is 602 g/mol. The highest BCUT2D eigenvalue weighted by molar-refractivity contribution is 14.1. The molecule has 13 heteroatoms. The molecule has 0 aliphatic carbocycles. The number of piperidine rings is 1. The van der Waals surface area contributed by atoms with E-state index in [1.165, 1.54) is 12.1 Å². The lowest BCUT2D eigenvalue weighted by molar-refractivity contribution is 0.189. The Hall–Kier alpha value is -1.68. The predicted octanol–water partition coefficient (Wildman–Crippen LogP) is 3.95. The molecule has 0 radical (unpaired) electrons. The maximum atomic E-state index is 14.6. The summed E-state index contributed by atoms with van der Waals surface area (Å²) in [5.74, 6) is -5.84. The Labute approximate surface area is 203 Å². The molecule has 0 aromatic heterocycles. The quantitative estimate of drug-likeness (QED) is 0.175. The van der Waals surface area contributed by atoms with E-state index < -0.39 is 44.9 Å². The monoisotopic (exact) mass is 602 g/mol. The highest BCUT2D eigenvalue weighted by Gasteiger charge is 2.30. The van der Waals surface area contributed by atoms with Crippen LogP contribution in [0.15, 0.2) is 24.3 Å². The third-order valence-electron chi connectivity index (χ3n) is 5.13. The first-order valence-corrected chi connectivity index (χ1v) is 12.5. The Morgan fingerprint density at radius 3 is 2.39 bits per heavy atom. The van der Waals surface area contributed by atoms with E-state index in [0.29, 0.717) is 35.6 Å². The van der Waals surface area contributed by atoms with E-state index in [0.717, 1.165) is 10.4 Å². The Morgan fingerprint density at radius 1 is 1.06 bits per heavy atom. The van der Waals surface area contributed by atoms with Crippen molar-refractivity contribution in [2.24, 2.45) is 0 Å². The van der Waals surface area contributed by atoms with Crippen molar-refractivity contribution in [1.82, 2.24) is 9.62 Å². The molecule has 0 spiro atoms. The van der Waals surface area contributed by atoms with Crippen molar-refractivity contribution >= 4 is 49.9 Å². The van der Waals surface area contributed by atoms with Crippen LogP contribution in [-0.4, -0.2) is 52.1 Å². The first-order valence-electron chi connectivity index (χ1n) is 10.0. The maximum Gasteiger partial charge on any atom is 0.301 e. The Morgan fingerprint density at radius 2 is 1.76 bits per heavy atom. The summed E-state index contributed by atoms with van der Waals surface area (Å²) in [6.45, 7) is 1.49. The van der Waals surface area contributed by atoms with Gasteiger partial charge in [0.1, 0.15) is 11.5 Å². The molecule has 2 aromatic carbocycles. The fourth-order valence-electron chi connectivity index (χ4n) is 3.39. The second kappa shape index (κ2) is 11.2. The predicted molar refractivity (Wildman–Crippen MR) is 126 cm³/mol. The first kappa shape index (κ1) is 25.9. The zero-order valence-electron chi connectivity index (χ0n) is 17.6. The minimum absolute atomic E-state index is 0.105. The molecule has 1 aliphatic heterocycles. The lowest BCUT2D eigenvalue weighted by Crippen LogP contribution is -2.47. The summed E-state index contributed by atoms with van der Waals surface area (Å²) >= 11 is 1.87. The van der Waals surface area contributed by atoms with Gasteiger partial charge in [-0.3, -0.25) is 4.72 Å². The van der Waals surface area contributed by atoms with Gasteiger partial charge < -0.3 is 15.4 Å². The summed E-state index contributed by atoms with van der Waals surface area (Å²) < 4.78 is 91.2. The lowest BCUT2D eigenvalue weighted by atomic mass is 10.1. The SMILES string of the molecule is COCCNC1CCN(S(=O)(=O)Nc2cc(F)c(F)c(F)c2Nc2ccc(I)cc2F)CC1. The molecule has 1 saturated heterocycles. The fourth-order valence-corrected chi connectivity index (χ4v) is 5.10. The Bertz CT molecular complexity index is 1100. The van der Waals surface area contributed by atoms with Gasteiger partial charge in [0.15, 0.2) is 17.5 Å². The number of rotatable bonds is 9. The number of ether oxygens (including phenoxy) is 1. The Balaban J connectivity index is 1.81. The molecule has 0 atom stereocenters. The summed E-state index contributed by atoms with van der Waals surface area (Å²) in [5.41, 5.74) is -1.54.